The predicted octanol–water partition coefficient (Wildman–Crippen LogP) is 4.29. The molecule has 0 atom stereocenters. The number of benzene rings is 1. The minimum atomic E-state index is -0.142. The highest BCUT2D eigenvalue weighted by Crippen LogP contribution is 2.38. The third-order valence-corrected chi connectivity index (χ3v) is 5.20. The van der Waals surface area contributed by atoms with Gasteiger partial charge in [-0.05, 0) is 35.2 Å². The van der Waals surface area contributed by atoms with Crippen LogP contribution in [-0.2, 0) is 4.79 Å². The number of nitrogens with zero attached hydrogens (tertiary/aromatic N) is 2. The van der Waals surface area contributed by atoms with Gasteiger partial charge in [0.15, 0.2) is 11.5 Å². The number of carbonyl (C=O) groups excluding carboxylic acids is 1. The molecule has 0 aliphatic carbocycles. The molecule has 140 valence electrons. The number of ether oxygens (including phenoxy) is 2. The van der Waals surface area contributed by atoms with E-state index >= 15 is 0 Å². The van der Waals surface area contributed by atoms with Gasteiger partial charge in [-0.2, -0.15) is 5.10 Å². The van der Waals surface area contributed by atoms with Crippen molar-refractivity contribution in [1.29, 1.82) is 0 Å². The number of anilines is 2. The van der Waals surface area contributed by atoms with Crippen LogP contribution in [0.5, 0.6) is 11.5 Å². The lowest BCUT2D eigenvalue weighted by molar-refractivity contribution is -0.114. The van der Waals surface area contributed by atoms with E-state index in [1.54, 1.807) is 31.8 Å². The Labute approximate surface area is 164 Å². The quantitative estimate of drug-likeness (QED) is 0.455. The molecule has 2 heterocycles. The Morgan fingerprint density at radius 2 is 2.04 bits per heavy atom. The molecule has 9 heteroatoms. The van der Waals surface area contributed by atoms with Crippen molar-refractivity contribution < 1.29 is 14.3 Å². The van der Waals surface area contributed by atoms with Gasteiger partial charge in [-0.25, -0.2) is 4.98 Å². The van der Waals surface area contributed by atoms with E-state index in [-0.39, 0.29) is 5.91 Å². The summed E-state index contributed by atoms with van der Waals surface area (Å²) in [6.07, 6.45) is 1.66. The molecular weight excluding hydrogens is 384 g/mol. The van der Waals surface area contributed by atoms with Crippen LogP contribution < -0.4 is 20.2 Å². The molecule has 2 aromatic heterocycles. The smallest absolute Gasteiger partial charge is 0.221 e. The van der Waals surface area contributed by atoms with Gasteiger partial charge < -0.3 is 14.8 Å². The zero-order valence-corrected chi connectivity index (χ0v) is 16.6. The Balaban J connectivity index is 1.78. The first kappa shape index (κ1) is 18.9. The number of nitrogens with one attached hydrogen (secondary N) is 2. The largest absolute Gasteiger partial charge is 0.493 e. The molecule has 2 N–H and O–H groups in total. The summed E-state index contributed by atoms with van der Waals surface area (Å²) >= 11 is 2.89. The number of hydrazone groups is 1. The van der Waals surface area contributed by atoms with Gasteiger partial charge >= 0.3 is 0 Å². The topological polar surface area (TPSA) is 84.8 Å². The third-order valence-electron chi connectivity index (χ3n) is 3.45. The fourth-order valence-corrected chi connectivity index (χ4v) is 3.95. The van der Waals surface area contributed by atoms with E-state index in [1.807, 2.05) is 35.7 Å². The Morgan fingerprint density at radius 1 is 1.22 bits per heavy atom. The average molecular weight is 403 g/mol. The van der Waals surface area contributed by atoms with E-state index in [0.717, 1.165) is 16.1 Å². The molecule has 1 aromatic carbocycles. The number of methoxy groups -OCH3 is 2. The lowest BCUT2D eigenvalue weighted by Gasteiger charge is -2.07. The van der Waals surface area contributed by atoms with Gasteiger partial charge in [-0.3, -0.25) is 10.2 Å². The van der Waals surface area contributed by atoms with Gasteiger partial charge in [0.25, 0.3) is 0 Å². The molecule has 0 bridgehead atoms. The second-order valence-electron chi connectivity index (χ2n) is 5.34. The van der Waals surface area contributed by atoms with E-state index in [9.17, 15) is 4.79 Å². The fraction of sp³-hybridized carbons (Fsp3) is 0.167. The molecule has 0 aliphatic rings. The minimum absolute atomic E-state index is 0.142. The fourth-order valence-electron chi connectivity index (χ4n) is 2.29. The van der Waals surface area contributed by atoms with Gasteiger partial charge in [-0.15, -0.1) is 11.3 Å². The lowest BCUT2D eigenvalue weighted by Crippen LogP contribution is -2.04. The summed E-state index contributed by atoms with van der Waals surface area (Å²) in [5.74, 6) is 1.14. The van der Waals surface area contributed by atoms with Crippen molar-refractivity contribution in [2.75, 3.05) is 25.0 Å². The molecular formula is C18H18N4O3S2. The van der Waals surface area contributed by atoms with Gasteiger partial charge in [0.2, 0.25) is 11.0 Å². The number of aromatic nitrogens is 1. The number of carbonyl (C=O) groups is 1. The third kappa shape index (κ3) is 4.63. The van der Waals surface area contributed by atoms with Crippen LogP contribution in [0.25, 0.3) is 10.6 Å². The van der Waals surface area contributed by atoms with Gasteiger partial charge in [-0.1, -0.05) is 17.4 Å². The van der Waals surface area contributed by atoms with Crippen LogP contribution in [0.1, 0.15) is 12.5 Å². The summed E-state index contributed by atoms with van der Waals surface area (Å²) in [5, 5.41) is 10.3. The maximum Gasteiger partial charge on any atom is 0.221 e. The van der Waals surface area contributed by atoms with Crippen molar-refractivity contribution in [2.45, 2.75) is 6.92 Å². The minimum Gasteiger partial charge on any atom is -0.493 e. The Morgan fingerprint density at radius 3 is 2.70 bits per heavy atom. The number of thiophene rings is 1. The molecule has 0 radical (unpaired) electrons. The Bertz CT molecular complexity index is 952. The van der Waals surface area contributed by atoms with Crippen LogP contribution in [0.4, 0.5) is 10.1 Å². The highest BCUT2D eigenvalue weighted by atomic mass is 32.1. The van der Waals surface area contributed by atoms with Crippen LogP contribution in [0, 0.1) is 0 Å². The summed E-state index contributed by atoms with van der Waals surface area (Å²) in [7, 11) is 3.18. The van der Waals surface area contributed by atoms with E-state index in [1.165, 1.54) is 18.3 Å². The maximum atomic E-state index is 11.5. The molecule has 27 heavy (non-hydrogen) atoms. The van der Waals surface area contributed by atoms with Crippen molar-refractivity contribution in [3.63, 3.8) is 0 Å². The second-order valence-corrected chi connectivity index (χ2v) is 7.29. The Hall–Kier alpha value is -2.91. The first-order valence-electron chi connectivity index (χ1n) is 7.94. The van der Waals surface area contributed by atoms with Gasteiger partial charge in [0.1, 0.15) is 10.7 Å². The summed E-state index contributed by atoms with van der Waals surface area (Å²) in [6.45, 7) is 1.47. The van der Waals surface area contributed by atoms with Crippen molar-refractivity contribution in [3.05, 3.63) is 41.3 Å². The SMILES string of the molecule is COc1ccc(C=NNc2nc(-c3cccs3)c(NC(C)=O)s2)cc1OC. The van der Waals surface area contributed by atoms with Crippen LogP contribution in [0.2, 0.25) is 0 Å². The van der Waals surface area contributed by atoms with Gasteiger partial charge in [0, 0.05) is 6.92 Å². The molecule has 0 unspecified atom stereocenters. The molecule has 0 fully saturated rings. The lowest BCUT2D eigenvalue weighted by atomic mass is 10.2. The Kier molecular flexibility index (Phi) is 6.05. The first-order chi connectivity index (χ1) is 13.1. The molecule has 1 amide bonds. The number of thiazole rings is 1. The molecule has 3 aromatic rings. The van der Waals surface area contributed by atoms with Crippen molar-refractivity contribution in [1.82, 2.24) is 4.98 Å². The van der Waals surface area contributed by atoms with Crippen molar-refractivity contribution in [2.24, 2.45) is 5.10 Å². The van der Waals surface area contributed by atoms with E-state index < -0.39 is 0 Å². The molecule has 0 aliphatic heterocycles. The van der Waals surface area contributed by atoms with Crippen molar-refractivity contribution >= 4 is 44.9 Å². The number of amides is 1. The summed E-state index contributed by atoms with van der Waals surface area (Å²) < 4.78 is 10.5. The van der Waals surface area contributed by atoms with Crippen LogP contribution >= 0.6 is 22.7 Å². The van der Waals surface area contributed by atoms with E-state index in [4.69, 9.17) is 9.47 Å². The molecule has 0 saturated heterocycles. The van der Waals surface area contributed by atoms with Crippen LogP contribution in [0.3, 0.4) is 0 Å². The van der Waals surface area contributed by atoms with Crippen LogP contribution in [0.15, 0.2) is 40.8 Å². The monoisotopic (exact) mass is 402 g/mol. The molecule has 0 spiro atoms. The second kappa shape index (κ2) is 8.65. The predicted molar refractivity (Wildman–Crippen MR) is 110 cm³/mol. The first-order valence-corrected chi connectivity index (χ1v) is 9.63. The number of hydrogen-bond acceptors (Lipinski definition) is 8. The molecule has 7 nitrogen and oxygen atoms in total. The molecule has 3 rings (SSSR count). The van der Waals surface area contributed by atoms with E-state index in [2.05, 4.69) is 20.8 Å². The number of rotatable bonds is 7. The van der Waals surface area contributed by atoms with E-state index in [0.29, 0.717) is 21.6 Å². The normalized spacial score (nSPS) is 10.8. The number of hydrogen-bond donors (Lipinski definition) is 2. The zero-order chi connectivity index (χ0) is 19.2. The summed E-state index contributed by atoms with van der Waals surface area (Å²) in [6, 6.07) is 9.41. The molecule has 0 saturated carbocycles. The average Bonchev–Trinajstić information content (AvgIpc) is 3.31. The van der Waals surface area contributed by atoms with Crippen molar-refractivity contribution in [3.8, 4) is 22.1 Å². The zero-order valence-electron chi connectivity index (χ0n) is 15.0. The standard InChI is InChI=1S/C18H18N4O3S2/c1-11(23)20-17-16(15-5-4-8-26-15)21-18(27-17)22-19-10-12-6-7-13(24-2)14(9-12)25-3/h4-10H,1-3H3,(H,20,23)(H,21,22). The maximum absolute atomic E-state index is 11.5. The van der Waals surface area contributed by atoms with Crippen LogP contribution in [-0.4, -0.2) is 31.3 Å². The summed E-state index contributed by atoms with van der Waals surface area (Å²) in [5.41, 5.74) is 4.49. The highest BCUT2D eigenvalue weighted by molar-refractivity contribution is 7.21. The summed E-state index contributed by atoms with van der Waals surface area (Å²) in [4.78, 5) is 17.0. The van der Waals surface area contributed by atoms with Gasteiger partial charge in [0.05, 0.1) is 25.3 Å². The highest BCUT2D eigenvalue weighted by Gasteiger charge is 2.15.